The quantitative estimate of drug-likeness (QED) is 0.682. The van der Waals surface area contributed by atoms with Crippen LogP contribution in [0.5, 0.6) is 0 Å². The van der Waals surface area contributed by atoms with E-state index < -0.39 is 0 Å². The van der Waals surface area contributed by atoms with Crippen LogP contribution in [0, 0.1) is 0 Å². The zero-order chi connectivity index (χ0) is 22.3. The Morgan fingerprint density at radius 3 is 1.90 bits per heavy atom. The van der Waals surface area contributed by atoms with Crippen molar-refractivity contribution in [2.75, 3.05) is 27.2 Å². The zero-order valence-corrected chi connectivity index (χ0v) is 20.0. The summed E-state index contributed by atoms with van der Waals surface area (Å²) in [5, 5.41) is 0. The van der Waals surface area contributed by atoms with Crippen molar-refractivity contribution in [3.8, 4) is 0 Å². The molecule has 2 heterocycles. The first kappa shape index (κ1) is 22.5. The molecule has 0 bridgehead atoms. The Morgan fingerprint density at radius 2 is 1.39 bits per heavy atom. The number of likely N-dealkylation sites (tertiary alicyclic amines) is 1. The summed E-state index contributed by atoms with van der Waals surface area (Å²) in [5.74, 6) is 0. The number of rotatable bonds is 5. The standard InChI is InChI=1S/C26H37BN2O2/c1-24(2)25(3,4)31-27(30-24)23-14-12-22(13-15-23)26(28(5)6)16-18-29(19-17-26)20-21-10-8-7-9-11-21/h7-15H,16-20H2,1-6H3. The summed E-state index contributed by atoms with van der Waals surface area (Å²) < 4.78 is 12.5. The van der Waals surface area contributed by atoms with Crippen molar-refractivity contribution in [1.29, 1.82) is 0 Å². The predicted octanol–water partition coefficient (Wildman–Crippen LogP) is 4.04. The van der Waals surface area contributed by atoms with Crippen LogP contribution in [-0.4, -0.2) is 55.3 Å². The minimum absolute atomic E-state index is 0.0711. The first-order valence-electron chi connectivity index (χ1n) is 11.5. The Balaban J connectivity index is 1.47. The summed E-state index contributed by atoms with van der Waals surface area (Å²) in [4.78, 5) is 4.99. The van der Waals surface area contributed by atoms with Crippen molar-refractivity contribution >= 4 is 12.6 Å². The topological polar surface area (TPSA) is 24.9 Å². The highest BCUT2D eigenvalue weighted by molar-refractivity contribution is 6.62. The molecule has 0 spiro atoms. The van der Waals surface area contributed by atoms with Crippen molar-refractivity contribution in [2.24, 2.45) is 0 Å². The molecule has 31 heavy (non-hydrogen) atoms. The SMILES string of the molecule is CN(C)C1(c2ccc(B3OC(C)(C)C(C)(C)O3)cc2)CCN(Cc2ccccc2)CC1. The molecule has 2 aromatic carbocycles. The molecular formula is C26H37BN2O2. The number of benzene rings is 2. The predicted molar refractivity (Wildman–Crippen MR) is 128 cm³/mol. The van der Waals surface area contributed by atoms with Gasteiger partial charge in [0.2, 0.25) is 0 Å². The fourth-order valence-electron chi connectivity index (χ4n) is 4.85. The summed E-state index contributed by atoms with van der Waals surface area (Å²) >= 11 is 0. The molecule has 2 aromatic rings. The van der Waals surface area contributed by atoms with Gasteiger partial charge in [-0.1, -0.05) is 54.6 Å². The van der Waals surface area contributed by atoms with Crippen LogP contribution in [0.15, 0.2) is 54.6 Å². The lowest BCUT2D eigenvalue weighted by molar-refractivity contribution is 0.00578. The van der Waals surface area contributed by atoms with Gasteiger partial charge in [-0.2, -0.15) is 0 Å². The van der Waals surface area contributed by atoms with Gasteiger partial charge in [-0.05, 0) is 71.2 Å². The van der Waals surface area contributed by atoms with E-state index in [2.05, 4.69) is 106 Å². The average Bonchev–Trinajstić information content (AvgIpc) is 2.96. The van der Waals surface area contributed by atoms with Crippen LogP contribution < -0.4 is 5.46 Å². The van der Waals surface area contributed by atoms with Crippen LogP contribution >= 0.6 is 0 Å². The van der Waals surface area contributed by atoms with Gasteiger partial charge < -0.3 is 9.31 Å². The molecule has 0 saturated carbocycles. The van der Waals surface area contributed by atoms with Gasteiger partial charge in [0.05, 0.1) is 11.2 Å². The molecule has 166 valence electrons. The van der Waals surface area contributed by atoms with Crippen molar-refractivity contribution in [3.05, 3.63) is 65.7 Å². The second-order valence-corrected chi connectivity index (χ2v) is 10.4. The van der Waals surface area contributed by atoms with Gasteiger partial charge in [0.1, 0.15) is 0 Å². The summed E-state index contributed by atoms with van der Waals surface area (Å²) in [6.07, 6.45) is 2.26. The second-order valence-electron chi connectivity index (χ2n) is 10.4. The fraction of sp³-hybridized carbons (Fsp3) is 0.538. The first-order valence-corrected chi connectivity index (χ1v) is 11.5. The van der Waals surface area contributed by atoms with Crippen molar-refractivity contribution in [1.82, 2.24) is 9.80 Å². The van der Waals surface area contributed by atoms with E-state index >= 15 is 0 Å². The van der Waals surface area contributed by atoms with Gasteiger partial charge in [-0.15, -0.1) is 0 Å². The van der Waals surface area contributed by atoms with E-state index in [4.69, 9.17) is 9.31 Å². The summed E-state index contributed by atoms with van der Waals surface area (Å²) in [6, 6.07) is 19.8. The van der Waals surface area contributed by atoms with Gasteiger partial charge in [0.15, 0.2) is 0 Å². The van der Waals surface area contributed by atoms with Gasteiger partial charge >= 0.3 is 7.12 Å². The van der Waals surface area contributed by atoms with Crippen molar-refractivity contribution in [2.45, 2.75) is 63.8 Å². The molecule has 2 fully saturated rings. The lowest BCUT2D eigenvalue weighted by atomic mass is 9.75. The molecule has 2 aliphatic rings. The van der Waals surface area contributed by atoms with Crippen LogP contribution in [-0.2, 0) is 21.4 Å². The number of hydrogen-bond donors (Lipinski definition) is 0. The number of hydrogen-bond acceptors (Lipinski definition) is 4. The Hall–Kier alpha value is -1.66. The third kappa shape index (κ3) is 4.34. The molecular weight excluding hydrogens is 383 g/mol. The largest absolute Gasteiger partial charge is 0.494 e. The zero-order valence-electron chi connectivity index (χ0n) is 20.0. The molecule has 2 saturated heterocycles. The van der Waals surface area contributed by atoms with E-state index in [9.17, 15) is 0 Å². The normalized spacial score (nSPS) is 22.7. The molecule has 2 aliphatic heterocycles. The van der Waals surface area contributed by atoms with Crippen LogP contribution in [0.3, 0.4) is 0 Å². The third-order valence-corrected chi connectivity index (χ3v) is 7.76. The van der Waals surface area contributed by atoms with Crippen LogP contribution in [0.4, 0.5) is 0 Å². The van der Waals surface area contributed by atoms with Crippen molar-refractivity contribution < 1.29 is 9.31 Å². The van der Waals surface area contributed by atoms with E-state index in [-0.39, 0.29) is 23.9 Å². The number of piperidine rings is 1. The summed E-state index contributed by atoms with van der Waals surface area (Å²) in [5.41, 5.74) is 3.32. The Labute approximate surface area is 188 Å². The summed E-state index contributed by atoms with van der Waals surface area (Å²) in [7, 11) is 4.13. The summed E-state index contributed by atoms with van der Waals surface area (Å²) in [6.45, 7) is 11.7. The van der Waals surface area contributed by atoms with E-state index in [1.54, 1.807) is 0 Å². The molecule has 0 aliphatic carbocycles. The highest BCUT2D eigenvalue weighted by Crippen LogP contribution is 2.39. The van der Waals surface area contributed by atoms with Crippen molar-refractivity contribution in [3.63, 3.8) is 0 Å². The maximum atomic E-state index is 6.24. The fourth-order valence-corrected chi connectivity index (χ4v) is 4.85. The molecule has 0 aromatic heterocycles. The highest BCUT2D eigenvalue weighted by atomic mass is 16.7. The molecule has 5 heteroatoms. The van der Waals surface area contributed by atoms with E-state index in [0.29, 0.717) is 0 Å². The van der Waals surface area contributed by atoms with E-state index in [1.165, 1.54) is 11.1 Å². The maximum absolute atomic E-state index is 6.24. The van der Waals surface area contributed by atoms with Crippen LogP contribution in [0.25, 0.3) is 0 Å². The lowest BCUT2D eigenvalue weighted by Gasteiger charge is -2.46. The van der Waals surface area contributed by atoms with Gasteiger partial charge in [-0.3, -0.25) is 9.80 Å². The maximum Gasteiger partial charge on any atom is 0.494 e. The molecule has 4 nitrogen and oxygen atoms in total. The highest BCUT2D eigenvalue weighted by Gasteiger charge is 2.51. The molecule has 4 rings (SSSR count). The Bertz CT molecular complexity index is 856. The third-order valence-electron chi connectivity index (χ3n) is 7.76. The molecule has 0 amide bonds. The number of nitrogens with zero attached hydrogens (tertiary/aromatic N) is 2. The minimum Gasteiger partial charge on any atom is -0.399 e. The lowest BCUT2D eigenvalue weighted by Crippen LogP contribution is -2.50. The first-order chi connectivity index (χ1) is 14.6. The smallest absolute Gasteiger partial charge is 0.399 e. The Kier molecular flexibility index (Phi) is 6.08. The van der Waals surface area contributed by atoms with Gasteiger partial charge in [0, 0.05) is 25.2 Å². The minimum atomic E-state index is -0.313. The van der Waals surface area contributed by atoms with Crippen LogP contribution in [0.1, 0.15) is 51.7 Å². The van der Waals surface area contributed by atoms with E-state index in [0.717, 1.165) is 37.9 Å². The van der Waals surface area contributed by atoms with Gasteiger partial charge in [-0.25, -0.2) is 0 Å². The molecule has 0 radical (unpaired) electrons. The molecule has 0 atom stereocenters. The van der Waals surface area contributed by atoms with Crippen LogP contribution in [0.2, 0.25) is 0 Å². The molecule has 0 unspecified atom stereocenters. The second kappa shape index (κ2) is 8.36. The monoisotopic (exact) mass is 420 g/mol. The van der Waals surface area contributed by atoms with E-state index in [1.807, 2.05) is 0 Å². The Morgan fingerprint density at radius 1 is 0.839 bits per heavy atom. The average molecular weight is 420 g/mol. The van der Waals surface area contributed by atoms with Gasteiger partial charge in [0.25, 0.3) is 0 Å². The molecule has 0 N–H and O–H groups in total.